The largest absolute Gasteiger partial charge is 0.422 e. The van der Waals surface area contributed by atoms with Gasteiger partial charge in [-0.15, -0.1) is 0 Å². The number of nitrogens with one attached hydrogen (secondary N) is 1. The van der Waals surface area contributed by atoms with Gasteiger partial charge in [0, 0.05) is 0 Å². The average molecular weight is 198 g/mol. The number of rotatable bonds is 3. The van der Waals surface area contributed by atoms with Crippen LogP contribution in [0.5, 0.6) is 5.75 Å². The van der Waals surface area contributed by atoms with E-state index in [1.165, 1.54) is 25.1 Å². The van der Waals surface area contributed by atoms with Gasteiger partial charge in [-0.2, -0.15) is 0 Å². The molecular weight excluding hydrogens is 187 g/mol. The fourth-order valence-corrected chi connectivity index (χ4v) is 0.792. The molecule has 0 fully saturated rings. The van der Waals surface area contributed by atoms with Crippen LogP contribution in [0.3, 0.4) is 0 Å². The third-order valence-corrected chi connectivity index (χ3v) is 1.65. The van der Waals surface area contributed by atoms with Crippen LogP contribution in [0.15, 0.2) is 24.3 Å². The average Bonchev–Trinajstić information content (AvgIpc) is 2.20. The number of halogens is 1. The highest BCUT2D eigenvalue weighted by atomic mass is 19.1. The molecule has 0 saturated heterocycles. The van der Waals surface area contributed by atoms with E-state index in [0.29, 0.717) is 0 Å². The van der Waals surface area contributed by atoms with Crippen LogP contribution in [0.2, 0.25) is 0 Å². The number of nitrogens with two attached hydrogens (primary N) is 1. The molecule has 4 nitrogen and oxygen atoms in total. The molecule has 76 valence electrons. The van der Waals surface area contributed by atoms with Crippen LogP contribution in [0.4, 0.5) is 4.39 Å². The second-order valence-electron chi connectivity index (χ2n) is 2.74. The first-order chi connectivity index (χ1) is 6.65. The highest BCUT2D eigenvalue weighted by Crippen LogP contribution is 2.15. The summed E-state index contributed by atoms with van der Waals surface area (Å²) in [6.45, 7) is 1.52. The Morgan fingerprint density at radius 2 is 2.21 bits per heavy atom. The molecule has 3 N–H and O–H groups in total. The van der Waals surface area contributed by atoms with Crippen LogP contribution in [0.25, 0.3) is 0 Å². The number of carbonyl (C=O) groups excluding carboxylic acids is 1. The normalized spacial score (nSPS) is 12.2. The number of hydrazine groups is 1. The van der Waals surface area contributed by atoms with Crippen molar-refractivity contribution in [1.82, 2.24) is 5.43 Å². The topological polar surface area (TPSA) is 64.3 Å². The van der Waals surface area contributed by atoms with Gasteiger partial charge in [-0.1, -0.05) is 12.1 Å². The molecule has 0 heterocycles. The Bertz CT molecular complexity index is 330. The van der Waals surface area contributed by atoms with Gasteiger partial charge in [-0.3, -0.25) is 5.84 Å². The van der Waals surface area contributed by atoms with Gasteiger partial charge in [-0.25, -0.2) is 14.6 Å². The van der Waals surface area contributed by atoms with Gasteiger partial charge in [0.15, 0.2) is 11.6 Å². The summed E-state index contributed by atoms with van der Waals surface area (Å²) in [6, 6.07) is 5.00. The molecule has 0 radical (unpaired) electrons. The Morgan fingerprint density at radius 1 is 1.57 bits per heavy atom. The van der Waals surface area contributed by atoms with Crippen molar-refractivity contribution < 1.29 is 13.9 Å². The molecule has 0 aliphatic rings. The quantitative estimate of drug-likeness (QED) is 0.323. The van der Waals surface area contributed by atoms with Crippen LogP contribution in [-0.4, -0.2) is 12.0 Å². The Kier molecular flexibility index (Phi) is 3.55. The van der Waals surface area contributed by atoms with E-state index < -0.39 is 17.8 Å². The first kappa shape index (κ1) is 10.6. The number of hydrogen-bond acceptors (Lipinski definition) is 4. The van der Waals surface area contributed by atoms with Crippen molar-refractivity contribution >= 4 is 5.97 Å². The van der Waals surface area contributed by atoms with E-state index in [-0.39, 0.29) is 5.75 Å². The van der Waals surface area contributed by atoms with E-state index >= 15 is 0 Å². The molecule has 0 saturated carbocycles. The second kappa shape index (κ2) is 4.69. The van der Waals surface area contributed by atoms with Crippen LogP contribution in [-0.2, 0) is 4.79 Å². The van der Waals surface area contributed by atoms with Crippen LogP contribution in [0.1, 0.15) is 6.92 Å². The smallest absolute Gasteiger partial charge is 0.329 e. The minimum atomic E-state index is -0.672. The Labute approximate surface area is 80.8 Å². The molecule has 1 rings (SSSR count). The van der Waals surface area contributed by atoms with E-state index in [1.807, 2.05) is 0 Å². The maximum absolute atomic E-state index is 13.0. The second-order valence-corrected chi connectivity index (χ2v) is 2.74. The van der Waals surface area contributed by atoms with Gasteiger partial charge < -0.3 is 4.74 Å². The predicted octanol–water partition coefficient (Wildman–Crippen LogP) is 0.583. The molecule has 1 atom stereocenters. The fourth-order valence-electron chi connectivity index (χ4n) is 0.792. The lowest BCUT2D eigenvalue weighted by Gasteiger charge is -2.09. The van der Waals surface area contributed by atoms with E-state index in [4.69, 9.17) is 10.6 Å². The van der Waals surface area contributed by atoms with E-state index in [9.17, 15) is 9.18 Å². The molecule has 1 aromatic rings. The summed E-state index contributed by atoms with van der Waals surface area (Å²) in [5.41, 5.74) is 2.21. The molecule has 0 aliphatic heterocycles. The number of benzene rings is 1. The lowest BCUT2D eigenvalue weighted by atomic mass is 10.3. The summed E-state index contributed by atoms with van der Waals surface area (Å²) in [5.74, 6) is 3.72. The number of para-hydroxylation sites is 1. The highest BCUT2D eigenvalue weighted by Gasteiger charge is 2.14. The molecule has 0 aliphatic carbocycles. The molecular formula is C9H11FN2O2. The van der Waals surface area contributed by atoms with Crippen molar-refractivity contribution in [2.24, 2.45) is 5.84 Å². The predicted molar refractivity (Wildman–Crippen MR) is 48.8 cm³/mol. The summed E-state index contributed by atoms with van der Waals surface area (Å²) >= 11 is 0. The molecule has 0 aromatic heterocycles. The monoisotopic (exact) mass is 198 g/mol. The van der Waals surface area contributed by atoms with Gasteiger partial charge in [0.05, 0.1) is 0 Å². The zero-order valence-corrected chi connectivity index (χ0v) is 7.66. The molecule has 0 bridgehead atoms. The van der Waals surface area contributed by atoms with Crippen molar-refractivity contribution in [3.8, 4) is 5.75 Å². The summed E-state index contributed by atoms with van der Waals surface area (Å²) in [4.78, 5) is 11.2. The first-order valence-electron chi connectivity index (χ1n) is 4.07. The SMILES string of the molecule is CC(NN)C(=O)Oc1ccccc1F. The highest BCUT2D eigenvalue weighted by molar-refractivity contribution is 5.77. The summed E-state index contributed by atoms with van der Waals surface area (Å²) in [5, 5.41) is 0. The molecule has 14 heavy (non-hydrogen) atoms. The number of ether oxygens (including phenoxy) is 1. The van der Waals surface area contributed by atoms with Crippen LogP contribution >= 0.6 is 0 Å². The summed E-state index contributed by atoms with van der Waals surface area (Å²) < 4.78 is 17.7. The standard InChI is InChI=1S/C9H11FN2O2/c1-6(12-11)9(13)14-8-5-3-2-4-7(8)10/h2-6,12H,11H2,1H3. The van der Waals surface area contributed by atoms with E-state index in [1.54, 1.807) is 6.07 Å². The van der Waals surface area contributed by atoms with Crippen molar-refractivity contribution in [3.05, 3.63) is 30.1 Å². The van der Waals surface area contributed by atoms with Crippen molar-refractivity contribution in [3.63, 3.8) is 0 Å². The van der Waals surface area contributed by atoms with Crippen LogP contribution in [0, 0.1) is 5.82 Å². The zero-order chi connectivity index (χ0) is 10.6. The minimum absolute atomic E-state index is 0.0976. The van der Waals surface area contributed by atoms with Gasteiger partial charge in [0.25, 0.3) is 0 Å². The molecule has 1 aromatic carbocycles. The molecule has 1 unspecified atom stereocenters. The fraction of sp³-hybridized carbons (Fsp3) is 0.222. The minimum Gasteiger partial charge on any atom is -0.422 e. The number of esters is 1. The lowest BCUT2D eigenvalue weighted by molar-refractivity contribution is -0.136. The van der Waals surface area contributed by atoms with Crippen molar-refractivity contribution in [1.29, 1.82) is 0 Å². The molecule has 0 spiro atoms. The first-order valence-corrected chi connectivity index (χ1v) is 4.07. The van der Waals surface area contributed by atoms with Crippen LogP contribution < -0.4 is 16.0 Å². The van der Waals surface area contributed by atoms with Gasteiger partial charge in [0.2, 0.25) is 0 Å². The third-order valence-electron chi connectivity index (χ3n) is 1.65. The van der Waals surface area contributed by atoms with Crippen molar-refractivity contribution in [2.45, 2.75) is 13.0 Å². The zero-order valence-electron chi connectivity index (χ0n) is 7.66. The Morgan fingerprint density at radius 3 is 2.79 bits per heavy atom. The molecule has 5 heteroatoms. The van der Waals surface area contributed by atoms with Gasteiger partial charge in [0.1, 0.15) is 6.04 Å². The molecule has 0 amide bonds. The van der Waals surface area contributed by atoms with Gasteiger partial charge >= 0.3 is 5.97 Å². The van der Waals surface area contributed by atoms with E-state index in [2.05, 4.69) is 5.43 Å². The van der Waals surface area contributed by atoms with Gasteiger partial charge in [-0.05, 0) is 19.1 Å². The lowest BCUT2D eigenvalue weighted by Crippen LogP contribution is -2.41. The summed E-state index contributed by atoms with van der Waals surface area (Å²) in [6.07, 6.45) is 0. The maximum Gasteiger partial charge on any atom is 0.329 e. The maximum atomic E-state index is 13.0. The number of carbonyl (C=O) groups is 1. The van der Waals surface area contributed by atoms with Crippen molar-refractivity contribution in [2.75, 3.05) is 0 Å². The Balaban J connectivity index is 2.70. The van der Waals surface area contributed by atoms with E-state index in [0.717, 1.165) is 0 Å². The summed E-state index contributed by atoms with van der Waals surface area (Å²) in [7, 11) is 0. The number of hydrogen-bond donors (Lipinski definition) is 2. The third kappa shape index (κ3) is 2.51. The Hall–Kier alpha value is -1.46.